The lowest BCUT2D eigenvalue weighted by atomic mass is 10.1. The Morgan fingerprint density at radius 1 is 1.14 bits per heavy atom. The van der Waals surface area contributed by atoms with Crippen molar-refractivity contribution >= 4 is 34.2 Å². The molecule has 0 bridgehead atoms. The van der Waals surface area contributed by atoms with Crippen LogP contribution in [0.15, 0.2) is 42.5 Å². The zero-order valence-electron chi connectivity index (χ0n) is 11.8. The van der Waals surface area contributed by atoms with Gasteiger partial charge < -0.3 is 0 Å². The van der Waals surface area contributed by atoms with E-state index in [9.17, 15) is 0 Å². The van der Waals surface area contributed by atoms with Crippen LogP contribution in [0.3, 0.4) is 0 Å². The Balaban J connectivity index is 2.30. The smallest absolute Gasteiger partial charge is 0.115 e. The summed E-state index contributed by atoms with van der Waals surface area (Å²) in [5.41, 5.74) is 4.24. The first kappa shape index (κ1) is 14.4. The molecule has 2 aromatic carbocycles. The SMILES string of the molecule is CCc1cccc(-n2c(CCCl)nc3cccc(Cl)c32)c1. The van der Waals surface area contributed by atoms with Gasteiger partial charge in [-0.2, -0.15) is 0 Å². The Morgan fingerprint density at radius 2 is 1.95 bits per heavy atom. The van der Waals surface area contributed by atoms with Crippen molar-refractivity contribution < 1.29 is 0 Å². The Kier molecular flexibility index (Phi) is 4.18. The van der Waals surface area contributed by atoms with Crippen LogP contribution >= 0.6 is 23.2 Å². The fourth-order valence-electron chi connectivity index (χ4n) is 2.58. The molecule has 0 spiro atoms. The highest BCUT2D eigenvalue weighted by molar-refractivity contribution is 6.35. The first-order valence-electron chi connectivity index (χ1n) is 7.05. The van der Waals surface area contributed by atoms with Crippen molar-refractivity contribution in [2.24, 2.45) is 0 Å². The third kappa shape index (κ3) is 2.66. The first-order chi connectivity index (χ1) is 10.2. The van der Waals surface area contributed by atoms with E-state index in [0.29, 0.717) is 17.3 Å². The third-order valence-electron chi connectivity index (χ3n) is 3.59. The molecule has 0 unspecified atom stereocenters. The second-order valence-electron chi connectivity index (χ2n) is 4.93. The molecule has 0 radical (unpaired) electrons. The number of para-hydroxylation sites is 1. The number of fused-ring (bicyclic) bond motifs is 1. The van der Waals surface area contributed by atoms with Crippen LogP contribution in [0.5, 0.6) is 0 Å². The topological polar surface area (TPSA) is 17.8 Å². The quantitative estimate of drug-likeness (QED) is 0.617. The molecular formula is C17H16Cl2N2. The normalized spacial score (nSPS) is 11.2. The zero-order valence-corrected chi connectivity index (χ0v) is 13.3. The molecule has 0 saturated carbocycles. The lowest BCUT2D eigenvalue weighted by Gasteiger charge is -2.10. The second kappa shape index (κ2) is 6.08. The van der Waals surface area contributed by atoms with Gasteiger partial charge in [0.05, 0.1) is 16.1 Å². The molecule has 2 nitrogen and oxygen atoms in total. The Labute approximate surface area is 134 Å². The molecule has 3 aromatic rings. The van der Waals surface area contributed by atoms with Crippen LogP contribution in [0.25, 0.3) is 16.7 Å². The molecule has 0 aliphatic carbocycles. The van der Waals surface area contributed by atoms with E-state index >= 15 is 0 Å². The zero-order chi connectivity index (χ0) is 14.8. The number of hydrogen-bond acceptors (Lipinski definition) is 1. The molecule has 0 fully saturated rings. The van der Waals surface area contributed by atoms with Gasteiger partial charge in [0, 0.05) is 18.0 Å². The average Bonchev–Trinajstić information content (AvgIpc) is 2.87. The van der Waals surface area contributed by atoms with E-state index < -0.39 is 0 Å². The predicted molar refractivity (Wildman–Crippen MR) is 89.9 cm³/mol. The van der Waals surface area contributed by atoms with Crippen molar-refractivity contribution in [2.45, 2.75) is 19.8 Å². The fraction of sp³-hybridized carbons (Fsp3) is 0.235. The standard InChI is InChI=1S/C17H16Cl2N2/c1-2-12-5-3-6-13(11-12)21-16(9-10-18)20-15-8-4-7-14(19)17(15)21/h3-8,11H,2,9-10H2,1H3. The molecule has 0 amide bonds. The number of halogens is 2. The second-order valence-corrected chi connectivity index (χ2v) is 5.72. The molecule has 0 aliphatic rings. The largest absolute Gasteiger partial charge is 0.295 e. The minimum absolute atomic E-state index is 0.536. The first-order valence-corrected chi connectivity index (χ1v) is 7.97. The van der Waals surface area contributed by atoms with Gasteiger partial charge in [-0.3, -0.25) is 4.57 Å². The van der Waals surface area contributed by atoms with E-state index in [4.69, 9.17) is 23.2 Å². The molecular weight excluding hydrogens is 303 g/mol. The average molecular weight is 319 g/mol. The summed E-state index contributed by atoms with van der Waals surface area (Å²) in [6.07, 6.45) is 1.71. The number of hydrogen-bond donors (Lipinski definition) is 0. The molecule has 0 N–H and O–H groups in total. The van der Waals surface area contributed by atoms with Gasteiger partial charge in [0.25, 0.3) is 0 Å². The summed E-state index contributed by atoms with van der Waals surface area (Å²) in [5, 5.41) is 0.711. The van der Waals surface area contributed by atoms with Crippen molar-refractivity contribution in [3.8, 4) is 5.69 Å². The minimum atomic E-state index is 0.536. The number of rotatable bonds is 4. The lowest BCUT2D eigenvalue weighted by Crippen LogP contribution is -2.03. The van der Waals surface area contributed by atoms with E-state index in [2.05, 4.69) is 40.7 Å². The summed E-state index contributed by atoms with van der Waals surface area (Å²) in [6.45, 7) is 2.15. The van der Waals surface area contributed by atoms with E-state index in [1.54, 1.807) is 0 Å². The highest BCUT2D eigenvalue weighted by Crippen LogP contribution is 2.28. The monoisotopic (exact) mass is 318 g/mol. The van der Waals surface area contributed by atoms with Crippen molar-refractivity contribution in [3.05, 3.63) is 58.9 Å². The van der Waals surface area contributed by atoms with Crippen LogP contribution in [0.1, 0.15) is 18.3 Å². The van der Waals surface area contributed by atoms with Crippen LogP contribution in [-0.2, 0) is 12.8 Å². The van der Waals surface area contributed by atoms with Crippen molar-refractivity contribution in [2.75, 3.05) is 5.88 Å². The van der Waals surface area contributed by atoms with Gasteiger partial charge in [0.1, 0.15) is 5.82 Å². The van der Waals surface area contributed by atoms with E-state index in [1.807, 2.05) is 18.2 Å². The molecule has 0 saturated heterocycles. The van der Waals surface area contributed by atoms with Gasteiger partial charge in [0.15, 0.2) is 0 Å². The summed E-state index contributed by atoms with van der Waals surface area (Å²) < 4.78 is 2.12. The fourth-order valence-corrected chi connectivity index (χ4v) is 3.00. The molecule has 0 atom stereocenters. The lowest BCUT2D eigenvalue weighted by molar-refractivity contribution is 0.910. The number of benzene rings is 2. The molecule has 1 aromatic heterocycles. The van der Waals surface area contributed by atoms with Gasteiger partial charge in [0.2, 0.25) is 0 Å². The molecule has 108 valence electrons. The molecule has 21 heavy (non-hydrogen) atoms. The van der Waals surface area contributed by atoms with Crippen molar-refractivity contribution in [1.82, 2.24) is 9.55 Å². The number of aryl methyl sites for hydroxylation is 2. The minimum Gasteiger partial charge on any atom is -0.295 e. The summed E-state index contributed by atoms with van der Waals surface area (Å²) in [5.74, 6) is 1.48. The maximum atomic E-state index is 6.41. The Bertz CT molecular complexity index is 778. The molecule has 0 aliphatic heterocycles. The van der Waals surface area contributed by atoms with Crippen LogP contribution in [0.2, 0.25) is 5.02 Å². The molecule has 1 heterocycles. The number of nitrogens with zero attached hydrogens (tertiary/aromatic N) is 2. The summed E-state index contributed by atoms with van der Waals surface area (Å²) >= 11 is 12.3. The highest BCUT2D eigenvalue weighted by atomic mass is 35.5. The van der Waals surface area contributed by atoms with E-state index in [0.717, 1.165) is 29.0 Å². The van der Waals surface area contributed by atoms with E-state index in [-0.39, 0.29) is 0 Å². The van der Waals surface area contributed by atoms with Crippen LogP contribution in [0.4, 0.5) is 0 Å². The van der Waals surface area contributed by atoms with Gasteiger partial charge in [-0.25, -0.2) is 4.98 Å². The van der Waals surface area contributed by atoms with Crippen molar-refractivity contribution in [3.63, 3.8) is 0 Å². The summed E-state index contributed by atoms with van der Waals surface area (Å²) in [6, 6.07) is 14.3. The van der Waals surface area contributed by atoms with Crippen molar-refractivity contribution in [1.29, 1.82) is 0 Å². The van der Waals surface area contributed by atoms with Crippen LogP contribution < -0.4 is 0 Å². The summed E-state index contributed by atoms with van der Waals surface area (Å²) in [4.78, 5) is 4.69. The maximum absolute atomic E-state index is 6.41. The van der Waals surface area contributed by atoms with Gasteiger partial charge in [-0.1, -0.05) is 36.7 Å². The maximum Gasteiger partial charge on any atom is 0.115 e. The van der Waals surface area contributed by atoms with Gasteiger partial charge in [-0.05, 0) is 36.2 Å². The predicted octanol–water partition coefficient (Wildman–Crippen LogP) is 5.02. The van der Waals surface area contributed by atoms with Gasteiger partial charge >= 0.3 is 0 Å². The van der Waals surface area contributed by atoms with Gasteiger partial charge in [-0.15, -0.1) is 11.6 Å². The highest BCUT2D eigenvalue weighted by Gasteiger charge is 2.14. The number of alkyl halides is 1. The molecule has 3 rings (SSSR count). The number of aromatic nitrogens is 2. The van der Waals surface area contributed by atoms with Crippen LogP contribution in [-0.4, -0.2) is 15.4 Å². The Hall–Kier alpha value is -1.51. The van der Waals surface area contributed by atoms with E-state index in [1.165, 1.54) is 5.56 Å². The Morgan fingerprint density at radius 3 is 2.71 bits per heavy atom. The third-order valence-corrected chi connectivity index (χ3v) is 4.09. The summed E-state index contributed by atoms with van der Waals surface area (Å²) in [7, 11) is 0. The van der Waals surface area contributed by atoms with Crippen LogP contribution in [0, 0.1) is 0 Å². The number of imidazole rings is 1. The molecule has 4 heteroatoms.